The van der Waals surface area contributed by atoms with Crippen molar-refractivity contribution in [1.29, 1.82) is 0 Å². The highest BCUT2D eigenvalue weighted by molar-refractivity contribution is 4.85. The van der Waals surface area contributed by atoms with E-state index in [1.54, 1.807) is 0 Å². The van der Waals surface area contributed by atoms with Gasteiger partial charge in [-0.25, -0.2) is 0 Å². The average Bonchev–Trinajstić information content (AvgIpc) is 2.67. The molecular weight excluding hydrogens is 192 g/mol. The van der Waals surface area contributed by atoms with Crippen molar-refractivity contribution in [3.63, 3.8) is 0 Å². The number of rotatable bonds is 3. The molecule has 0 spiro atoms. The molecule has 3 atom stereocenters. The van der Waals surface area contributed by atoms with Gasteiger partial charge in [0.05, 0.1) is 17.8 Å². The molecule has 0 aromatic heterocycles. The van der Waals surface area contributed by atoms with E-state index in [1.807, 2.05) is 6.92 Å². The molecule has 3 nitrogen and oxygen atoms in total. The van der Waals surface area contributed by atoms with Gasteiger partial charge in [0.1, 0.15) is 0 Å². The van der Waals surface area contributed by atoms with Crippen molar-refractivity contribution in [3.05, 3.63) is 0 Å². The highest BCUT2D eigenvalue weighted by Crippen LogP contribution is 2.31. The van der Waals surface area contributed by atoms with Gasteiger partial charge in [-0.3, -0.25) is 0 Å². The minimum absolute atomic E-state index is 0.202. The van der Waals surface area contributed by atoms with Gasteiger partial charge in [-0.15, -0.1) is 0 Å². The molecule has 15 heavy (non-hydrogen) atoms. The Kier molecular flexibility index (Phi) is 3.65. The van der Waals surface area contributed by atoms with E-state index >= 15 is 0 Å². The first-order valence-corrected chi connectivity index (χ1v) is 6.14. The van der Waals surface area contributed by atoms with Gasteiger partial charge in [0, 0.05) is 19.6 Å². The number of hydrogen-bond acceptors (Lipinski definition) is 3. The second kappa shape index (κ2) is 4.81. The minimum Gasteiger partial charge on any atom is -0.390 e. The van der Waals surface area contributed by atoms with Crippen molar-refractivity contribution < 1.29 is 14.6 Å². The number of hydrogen-bond donors (Lipinski definition) is 1. The van der Waals surface area contributed by atoms with Gasteiger partial charge in [0.2, 0.25) is 0 Å². The van der Waals surface area contributed by atoms with Gasteiger partial charge in [-0.05, 0) is 39.0 Å². The zero-order chi connectivity index (χ0) is 10.7. The fraction of sp³-hybridized carbons (Fsp3) is 1.00. The summed E-state index contributed by atoms with van der Waals surface area (Å²) in [5.41, 5.74) is -0.496. The lowest BCUT2D eigenvalue weighted by molar-refractivity contribution is -0.105. The third-order valence-electron chi connectivity index (χ3n) is 3.59. The molecule has 2 heterocycles. The van der Waals surface area contributed by atoms with Crippen molar-refractivity contribution in [3.8, 4) is 0 Å². The third-order valence-corrected chi connectivity index (χ3v) is 3.59. The Bertz CT molecular complexity index is 201. The Morgan fingerprint density at radius 2 is 2.20 bits per heavy atom. The average molecular weight is 214 g/mol. The van der Waals surface area contributed by atoms with E-state index in [4.69, 9.17) is 9.47 Å². The van der Waals surface area contributed by atoms with Gasteiger partial charge in [-0.1, -0.05) is 0 Å². The highest BCUT2D eigenvalue weighted by atomic mass is 16.5. The van der Waals surface area contributed by atoms with Crippen LogP contribution in [0.2, 0.25) is 0 Å². The van der Waals surface area contributed by atoms with Crippen LogP contribution in [0, 0.1) is 0 Å². The predicted octanol–water partition coefficient (Wildman–Crippen LogP) is 1.88. The van der Waals surface area contributed by atoms with Gasteiger partial charge in [0.15, 0.2) is 0 Å². The van der Waals surface area contributed by atoms with Crippen LogP contribution in [-0.2, 0) is 9.47 Å². The summed E-state index contributed by atoms with van der Waals surface area (Å²) < 4.78 is 11.0. The van der Waals surface area contributed by atoms with E-state index in [9.17, 15) is 5.11 Å². The van der Waals surface area contributed by atoms with Gasteiger partial charge in [0.25, 0.3) is 0 Å². The molecule has 1 N–H and O–H groups in total. The maximum atomic E-state index is 10.4. The third kappa shape index (κ3) is 3.16. The molecule has 0 aromatic carbocycles. The monoisotopic (exact) mass is 214 g/mol. The summed E-state index contributed by atoms with van der Waals surface area (Å²) in [7, 11) is 0. The quantitative estimate of drug-likeness (QED) is 0.779. The normalized spacial score (nSPS) is 42.0. The van der Waals surface area contributed by atoms with E-state index < -0.39 is 5.60 Å². The molecule has 0 amide bonds. The first kappa shape index (κ1) is 11.4. The van der Waals surface area contributed by atoms with Crippen molar-refractivity contribution >= 4 is 0 Å². The number of ether oxygens (including phenoxy) is 2. The Balaban J connectivity index is 1.76. The molecule has 2 rings (SSSR count). The van der Waals surface area contributed by atoms with Gasteiger partial charge in [-0.2, -0.15) is 0 Å². The summed E-state index contributed by atoms with van der Waals surface area (Å²) in [6, 6.07) is 0. The van der Waals surface area contributed by atoms with Crippen LogP contribution in [0.1, 0.15) is 45.4 Å². The second-order valence-electron chi connectivity index (χ2n) is 5.03. The molecule has 0 radical (unpaired) electrons. The lowest BCUT2D eigenvalue weighted by atomic mass is 9.85. The van der Waals surface area contributed by atoms with Crippen LogP contribution in [0.5, 0.6) is 0 Å². The lowest BCUT2D eigenvalue weighted by Crippen LogP contribution is -2.40. The molecular formula is C12H22O3. The van der Waals surface area contributed by atoms with E-state index in [2.05, 4.69) is 0 Å². The van der Waals surface area contributed by atoms with Crippen LogP contribution < -0.4 is 0 Å². The fourth-order valence-electron chi connectivity index (χ4n) is 2.67. The van der Waals surface area contributed by atoms with Crippen molar-refractivity contribution in [1.82, 2.24) is 0 Å². The summed E-state index contributed by atoms with van der Waals surface area (Å²) in [4.78, 5) is 0. The van der Waals surface area contributed by atoms with E-state index in [0.29, 0.717) is 12.7 Å². The van der Waals surface area contributed by atoms with Crippen molar-refractivity contribution in [2.75, 3.05) is 13.2 Å². The maximum absolute atomic E-state index is 10.4. The van der Waals surface area contributed by atoms with Crippen LogP contribution >= 0.6 is 0 Å². The summed E-state index contributed by atoms with van der Waals surface area (Å²) in [6.45, 7) is 3.64. The zero-order valence-corrected chi connectivity index (χ0v) is 9.58. The van der Waals surface area contributed by atoms with Crippen LogP contribution in [0.4, 0.5) is 0 Å². The Morgan fingerprint density at radius 3 is 2.87 bits per heavy atom. The molecule has 2 aliphatic rings. The SMILES string of the molecule is CC1CC(O)(CCC2CCCO2)CCO1. The molecule has 3 heteroatoms. The molecule has 3 unspecified atom stereocenters. The van der Waals surface area contributed by atoms with Crippen molar-refractivity contribution in [2.45, 2.75) is 63.3 Å². The Hall–Kier alpha value is -0.120. The van der Waals surface area contributed by atoms with Gasteiger partial charge < -0.3 is 14.6 Å². The first-order valence-electron chi connectivity index (χ1n) is 6.14. The summed E-state index contributed by atoms with van der Waals surface area (Å²) >= 11 is 0. The van der Waals surface area contributed by atoms with E-state index in [0.717, 1.165) is 32.3 Å². The first-order chi connectivity index (χ1) is 7.18. The fourth-order valence-corrected chi connectivity index (χ4v) is 2.67. The summed E-state index contributed by atoms with van der Waals surface area (Å²) in [6.07, 6.45) is 6.38. The highest BCUT2D eigenvalue weighted by Gasteiger charge is 2.33. The van der Waals surface area contributed by atoms with E-state index in [-0.39, 0.29) is 6.10 Å². The standard InChI is InChI=1S/C12H22O3/c1-10-9-12(13,6-8-14-10)5-4-11-3-2-7-15-11/h10-11,13H,2-9H2,1H3. The molecule has 0 saturated carbocycles. The summed E-state index contributed by atoms with van der Waals surface area (Å²) in [5.74, 6) is 0. The molecule has 2 saturated heterocycles. The molecule has 0 aromatic rings. The molecule has 88 valence electrons. The molecule has 0 aliphatic carbocycles. The largest absolute Gasteiger partial charge is 0.390 e. The molecule has 2 aliphatic heterocycles. The van der Waals surface area contributed by atoms with E-state index in [1.165, 1.54) is 12.8 Å². The van der Waals surface area contributed by atoms with Crippen LogP contribution in [0.15, 0.2) is 0 Å². The summed E-state index contributed by atoms with van der Waals surface area (Å²) in [5, 5.41) is 10.4. The second-order valence-corrected chi connectivity index (χ2v) is 5.03. The maximum Gasteiger partial charge on any atom is 0.0695 e. The zero-order valence-electron chi connectivity index (χ0n) is 9.58. The van der Waals surface area contributed by atoms with Crippen LogP contribution in [0.25, 0.3) is 0 Å². The van der Waals surface area contributed by atoms with Gasteiger partial charge >= 0.3 is 0 Å². The van der Waals surface area contributed by atoms with Crippen LogP contribution in [0.3, 0.4) is 0 Å². The Morgan fingerprint density at radius 1 is 1.33 bits per heavy atom. The number of aliphatic hydroxyl groups is 1. The van der Waals surface area contributed by atoms with Crippen LogP contribution in [-0.4, -0.2) is 36.1 Å². The predicted molar refractivity (Wildman–Crippen MR) is 57.8 cm³/mol. The van der Waals surface area contributed by atoms with Crippen molar-refractivity contribution in [2.24, 2.45) is 0 Å². The smallest absolute Gasteiger partial charge is 0.0695 e. The topological polar surface area (TPSA) is 38.7 Å². The lowest BCUT2D eigenvalue weighted by Gasteiger charge is -2.36. The Labute approximate surface area is 91.8 Å². The molecule has 0 bridgehead atoms. The molecule has 2 fully saturated rings. The minimum atomic E-state index is -0.496.